The summed E-state index contributed by atoms with van der Waals surface area (Å²) in [6.07, 6.45) is -0.485. The topological polar surface area (TPSA) is 78.9 Å². The molecule has 7 heteroatoms. The van der Waals surface area contributed by atoms with Crippen LogP contribution in [0.1, 0.15) is 48.0 Å². The standard InChI is InChI=1S/C15H26O6S/c1-7-9-20-13(18)21-12(17)15(6,11(16)19-8-2)10-22-14(3,4)5/h7-10H2,1-6H3. The van der Waals surface area contributed by atoms with Gasteiger partial charge in [0.1, 0.15) is 0 Å². The van der Waals surface area contributed by atoms with E-state index in [1.807, 2.05) is 27.7 Å². The molecule has 0 saturated carbocycles. The molecule has 0 spiro atoms. The van der Waals surface area contributed by atoms with Crippen LogP contribution >= 0.6 is 11.8 Å². The molecule has 0 aromatic heterocycles. The van der Waals surface area contributed by atoms with Crippen LogP contribution < -0.4 is 0 Å². The van der Waals surface area contributed by atoms with Crippen LogP contribution in [0.4, 0.5) is 4.79 Å². The molecule has 0 rings (SSSR count). The number of carbonyl (C=O) groups is 3. The second-order valence-corrected chi connectivity index (χ2v) is 7.74. The Kier molecular flexibility index (Phi) is 8.52. The van der Waals surface area contributed by atoms with Gasteiger partial charge in [0, 0.05) is 10.5 Å². The molecule has 0 aromatic rings. The van der Waals surface area contributed by atoms with Crippen molar-refractivity contribution < 1.29 is 28.6 Å². The summed E-state index contributed by atoms with van der Waals surface area (Å²) in [7, 11) is 0. The fourth-order valence-electron chi connectivity index (χ4n) is 1.26. The Labute approximate surface area is 136 Å². The van der Waals surface area contributed by atoms with E-state index in [-0.39, 0.29) is 23.7 Å². The normalized spacial score (nSPS) is 13.9. The monoisotopic (exact) mass is 334 g/mol. The fraction of sp³-hybridized carbons (Fsp3) is 0.800. The molecule has 0 saturated heterocycles. The van der Waals surface area contributed by atoms with E-state index >= 15 is 0 Å². The number of thioether (sulfide) groups is 1. The lowest BCUT2D eigenvalue weighted by Crippen LogP contribution is -2.43. The molecule has 0 heterocycles. The van der Waals surface area contributed by atoms with Crippen LogP contribution in [-0.4, -0.2) is 41.8 Å². The van der Waals surface area contributed by atoms with Crippen molar-refractivity contribution in [2.75, 3.05) is 19.0 Å². The smallest absolute Gasteiger partial charge is 0.465 e. The molecule has 128 valence electrons. The molecule has 0 radical (unpaired) electrons. The predicted molar refractivity (Wildman–Crippen MR) is 84.7 cm³/mol. The van der Waals surface area contributed by atoms with Gasteiger partial charge in [-0.2, -0.15) is 11.8 Å². The van der Waals surface area contributed by atoms with Crippen LogP contribution in [0.3, 0.4) is 0 Å². The quantitative estimate of drug-likeness (QED) is 0.522. The molecule has 0 amide bonds. The first-order chi connectivity index (χ1) is 10.1. The molecular weight excluding hydrogens is 308 g/mol. The van der Waals surface area contributed by atoms with E-state index in [9.17, 15) is 14.4 Å². The van der Waals surface area contributed by atoms with Crippen LogP contribution in [0.5, 0.6) is 0 Å². The minimum Gasteiger partial charge on any atom is -0.465 e. The Hall–Kier alpha value is -1.24. The SMILES string of the molecule is CCCOC(=O)OC(=O)C(C)(CSC(C)(C)C)C(=O)OCC. The van der Waals surface area contributed by atoms with Gasteiger partial charge >= 0.3 is 18.1 Å². The van der Waals surface area contributed by atoms with Crippen LogP contribution in [0.2, 0.25) is 0 Å². The summed E-state index contributed by atoms with van der Waals surface area (Å²) >= 11 is 1.41. The Bertz CT molecular complexity index is 401. The molecule has 0 aliphatic heterocycles. The number of hydrogen-bond acceptors (Lipinski definition) is 7. The van der Waals surface area contributed by atoms with Gasteiger partial charge in [-0.25, -0.2) is 4.79 Å². The third-order valence-corrected chi connectivity index (χ3v) is 4.16. The number of rotatable bonds is 7. The fourth-order valence-corrected chi connectivity index (χ4v) is 2.21. The first kappa shape index (κ1) is 20.8. The maximum absolute atomic E-state index is 12.2. The average molecular weight is 334 g/mol. The lowest BCUT2D eigenvalue weighted by molar-refractivity contribution is -0.166. The van der Waals surface area contributed by atoms with Gasteiger partial charge in [0.25, 0.3) is 0 Å². The number of carbonyl (C=O) groups excluding carboxylic acids is 3. The summed E-state index contributed by atoms with van der Waals surface area (Å²) in [6.45, 7) is 11.1. The molecule has 0 aromatic carbocycles. The van der Waals surface area contributed by atoms with Gasteiger partial charge in [-0.05, 0) is 20.3 Å². The Morgan fingerprint density at radius 1 is 0.955 bits per heavy atom. The van der Waals surface area contributed by atoms with E-state index in [0.717, 1.165) is 0 Å². The summed E-state index contributed by atoms with van der Waals surface area (Å²) in [6, 6.07) is 0. The first-order valence-electron chi connectivity index (χ1n) is 7.27. The maximum atomic E-state index is 12.2. The molecule has 0 aliphatic rings. The minimum absolute atomic E-state index is 0.141. The zero-order valence-electron chi connectivity index (χ0n) is 14.2. The maximum Gasteiger partial charge on any atom is 0.516 e. The number of hydrogen-bond donors (Lipinski definition) is 0. The van der Waals surface area contributed by atoms with Crippen molar-refractivity contribution in [3.8, 4) is 0 Å². The molecule has 0 bridgehead atoms. The molecule has 0 N–H and O–H groups in total. The van der Waals surface area contributed by atoms with Crippen LogP contribution in [0.25, 0.3) is 0 Å². The highest BCUT2D eigenvalue weighted by Crippen LogP contribution is 2.33. The molecular formula is C15H26O6S. The third-order valence-electron chi connectivity index (χ3n) is 2.57. The van der Waals surface area contributed by atoms with E-state index < -0.39 is 23.5 Å². The third kappa shape index (κ3) is 7.15. The molecule has 0 aliphatic carbocycles. The second-order valence-electron chi connectivity index (χ2n) is 5.94. The zero-order chi connectivity index (χ0) is 17.4. The largest absolute Gasteiger partial charge is 0.516 e. The van der Waals surface area contributed by atoms with Crippen molar-refractivity contribution >= 4 is 29.9 Å². The van der Waals surface area contributed by atoms with Crippen molar-refractivity contribution in [2.24, 2.45) is 5.41 Å². The average Bonchev–Trinajstić information content (AvgIpc) is 2.41. The van der Waals surface area contributed by atoms with Crippen LogP contribution in [0, 0.1) is 5.41 Å². The summed E-state index contributed by atoms with van der Waals surface area (Å²) in [5.74, 6) is -1.52. The summed E-state index contributed by atoms with van der Waals surface area (Å²) < 4.78 is 14.1. The van der Waals surface area contributed by atoms with Gasteiger partial charge in [-0.15, -0.1) is 0 Å². The van der Waals surface area contributed by atoms with E-state index in [1.165, 1.54) is 18.7 Å². The lowest BCUT2D eigenvalue weighted by Gasteiger charge is -2.27. The van der Waals surface area contributed by atoms with Gasteiger partial charge in [0.05, 0.1) is 13.2 Å². The summed E-state index contributed by atoms with van der Waals surface area (Å²) in [5.41, 5.74) is -1.56. The number of ether oxygens (including phenoxy) is 3. The molecule has 22 heavy (non-hydrogen) atoms. The van der Waals surface area contributed by atoms with Gasteiger partial charge in [-0.3, -0.25) is 9.59 Å². The second kappa shape index (κ2) is 9.02. The Balaban J connectivity index is 5.01. The van der Waals surface area contributed by atoms with Crippen LogP contribution in [0.15, 0.2) is 0 Å². The number of esters is 2. The molecule has 1 unspecified atom stereocenters. The minimum atomic E-state index is -1.56. The van der Waals surface area contributed by atoms with Crippen molar-refractivity contribution in [2.45, 2.75) is 52.7 Å². The van der Waals surface area contributed by atoms with Gasteiger partial charge in [0.15, 0.2) is 5.41 Å². The Morgan fingerprint density at radius 3 is 2.00 bits per heavy atom. The zero-order valence-corrected chi connectivity index (χ0v) is 15.0. The first-order valence-corrected chi connectivity index (χ1v) is 8.25. The van der Waals surface area contributed by atoms with E-state index in [4.69, 9.17) is 9.47 Å². The highest BCUT2D eigenvalue weighted by atomic mass is 32.2. The van der Waals surface area contributed by atoms with Crippen molar-refractivity contribution in [3.63, 3.8) is 0 Å². The van der Waals surface area contributed by atoms with E-state index in [0.29, 0.717) is 6.42 Å². The molecule has 0 fully saturated rings. The predicted octanol–water partition coefficient (Wildman–Crippen LogP) is 3.18. The highest BCUT2D eigenvalue weighted by molar-refractivity contribution is 8.00. The van der Waals surface area contributed by atoms with E-state index in [1.54, 1.807) is 6.92 Å². The van der Waals surface area contributed by atoms with Gasteiger partial charge in [-0.1, -0.05) is 27.7 Å². The summed E-state index contributed by atoms with van der Waals surface area (Å²) in [5, 5.41) is 0. The van der Waals surface area contributed by atoms with E-state index in [2.05, 4.69) is 4.74 Å². The van der Waals surface area contributed by atoms with Gasteiger partial charge < -0.3 is 14.2 Å². The van der Waals surface area contributed by atoms with Crippen molar-refractivity contribution in [1.82, 2.24) is 0 Å². The van der Waals surface area contributed by atoms with Crippen LogP contribution in [-0.2, 0) is 23.8 Å². The lowest BCUT2D eigenvalue weighted by atomic mass is 9.93. The molecule has 6 nitrogen and oxygen atoms in total. The highest BCUT2D eigenvalue weighted by Gasteiger charge is 2.46. The van der Waals surface area contributed by atoms with Crippen molar-refractivity contribution in [1.29, 1.82) is 0 Å². The Morgan fingerprint density at radius 2 is 1.55 bits per heavy atom. The van der Waals surface area contributed by atoms with Gasteiger partial charge in [0.2, 0.25) is 0 Å². The summed E-state index contributed by atoms with van der Waals surface area (Å²) in [4.78, 5) is 35.8. The molecule has 1 atom stereocenters. The van der Waals surface area contributed by atoms with Crippen molar-refractivity contribution in [3.05, 3.63) is 0 Å².